The zero-order chi connectivity index (χ0) is 15.4. The van der Waals surface area contributed by atoms with E-state index in [1.165, 1.54) is 0 Å². The number of ether oxygens (including phenoxy) is 2. The first-order valence-corrected chi connectivity index (χ1v) is 8.23. The Bertz CT molecular complexity index is 316. The topological polar surface area (TPSA) is 18.5 Å². The third-order valence-electron chi connectivity index (χ3n) is 4.97. The van der Waals surface area contributed by atoms with Crippen molar-refractivity contribution in [3.05, 3.63) is 0 Å². The van der Waals surface area contributed by atoms with Crippen LogP contribution in [0, 0.1) is 11.8 Å². The van der Waals surface area contributed by atoms with Gasteiger partial charge in [0.1, 0.15) is 12.3 Å². The van der Waals surface area contributed by atoms with Crippen LogP contribution < -0.4 is 0 Å². The van der Waals surface area contributed by atoms with Gasteiger partial charge in [-0.05, 0) is 57.8 Å². The summed E-state index contributed by atoms with van der Waals surface area (Å²) in [5.41, 5.74) is 0. The number of hydrogen-bond acceptors (Lipinski definition) is 2. The van der Waals surface area contributed by atoms with Crippen LogP contribution in [0.3, 0.4) is 0 Å². The van der Waals surface area contributed by atoms with Crippen molar-refractivity contribution in [1.29, 1.82) is 0 Å². The summed E-state index contributed by atoms with van der Waals surface area (Å²) in [6, 6.07) is 0. The van der Waals surface area contributed by atoms with Crippen molar-refractivity contribution < 1.29 is 22.6 Å². The van der Waals surface area contributed by atoms with Crippen LogP contribution in [0.1, 0.15) is 46.0 Å². The molecule has 0 aromatic rings. The summed E-state index contributed by atoms with van der Waals surface area (Å²) in [5, 5.41) is 0. The molecule has 5 heteroatoms. The highest BCUT2D eigenvalue weighted by molar-refractivity contribution is 4.94. The average Bonchev–Trinajstić information content (AvgIpc) is 2.47. The molecule has 2 nitrogen and oxygen atoms in total. The molecule has 0 N–H and O–H groups in total. The molecule has 0 aliphatic heterocycles. The van der Waals surface area contributed by atoms with Crippen LogP contribution in [0.15, 0.2) is 0 Å². The Kier molecular flexibility index (Phi) is 6.35. The standard InChI is InChI=1S/C16H27F3O2/c1-3-20-13-7-5-10(9-12(13)17)11-6-8-14(21-4-2)16(19)15(11)18/h10-16H,3-9H2,1-2H3. The van der Waals surface area contributed by atoms with Gasteiger partial charge in [0.25, 0.3) is 0 Å². The molecule has 0 aromatic heterocycles. The molecule has 2 aliphatic carbocycles. The second kappa shape index (κ2) is 7.82. The lowest BCUT2D eigenvalue weighted by Gasteiger charge is -2.42. The van der Waals surface area contributed by atoms with Crippen LogP contribution in [0.4, 0.5) is 13.2 Å². The lowest BCUT2D eigenvalue weighted by atomic mass is 9.70. The van der Waals surface area contributed by atoms with Gasteiger partial charge in [-0.1, -0.05) is 0 Å². The van der Waals surface area contributed by atoms with Crippen molar-refractivity contribution >= 4 is 0 Å². The predicted molar refractivity (Wildman–Crippen MR) is 75.6 cm³/mol. The van der Waals surface area contributed by atoms with E-state index in [0.29, 0.717) is 38.9 Å². The lowest BCUT2D eigenvalue weighted by molar-refractivity contribution is -0.0964. The van der Waals surface area contributed by atoms with Crippen molar-refractivity contribution in [1.82, 2.24) is 0 Å². The van der Waals surface area contributed by atoms with E-state index in [2.05, 4.69) is 0 Å². The van der Waals surface area contributed by atoms with Crippen LogP contribution >= 0.6 is 0 Å². The van der Waals surface area contributed by atoms with Gasteiger partial charge in [-0.15, -0.1) is 0 Å². The number of hydrogen-bond donors (Lipinski definition) is 0. The van der Waals surface area contributed by atoms with E-state index in [4.69, 9.17) is 9.47 Å². The van der Waals surface area contributed by atoms with Gasteiger partial charge in [0.2, 0.25) is 0 Å². The number of halogens is 3. The van der Waals surface area contributed by atoms with Gasteiger partial charge in [0, 0.05) is 13.2 Å². The summed E-state index contributed by atoms with van der Waals surface area (Å²) in [5.74, 6) is -0.454. The summed E-state index contributed by atoms with van der Waals surface area (Å²) in [6.45, 7) is 4.52. The Hall–Kier alpha value is -0.290. The molecule has 21 heavy (non-hydrogen) atoms. The van der Waals surface area contributed by atoms with E-state index in [9.17, 15) is 13.2 Å². The fourth-order valence-corrected chi connectivity index (χ4v) is 3.91. The van der Waals surface area contributed by atoms with Crippen molar-refractivity contribution in [3.63, 3.8) is 0 Å². The Morgan fingerprint density at radius 1 is 0.810 bits per heavy atom. The summed E-state index contributed by atoms with van der Waals surface area (Å²) < 4.78 is 53.2. The molecule has 7 atom stereocenters. The van der Waals surface area contributed by atoms with Gasteiger partial charge in [0.05, 0.1) is 12.2 Å². The summed E-state index contributed by atoms with van der Waals surface area (Å²) in [4.78, 5) is 0. The minimum absolute atomic E-state index is 0.0764. The molecule has 0 heterocycles. The molecule has 2 rings (SSSR count). The quantitative estimate of drug-likeness (QED) is 0.763. The van der Waals surface area contributed by atoms with Crippen molar-refractivity contribution in [3.8, 4) is 0 Å². The molecule has 2 fully saturated rings. The first-order chi connectivity index (χ1) is 10.1. The molecular formula is C16H27F3O2. The molecule has 0 bridgehead atoms. The lowest BCUT2D eigenvalue weighted by Crippen LogP contribution is -2.47. The van der Waals surface area contributed by atoms with Crippen LogP contribution in [0.5, 0.6) is 0 Å². The third kappa shape index (κ3) is 3.92. The van der Waals surface area contributed by atoms with Crippen LogP contribution in [-0.2, 0) is 9.47 Å². The normalized spacial score (nSPS) is 44.7. The molecule has 0 aromatic carbocycles. The molecule has 124 valence electrons. The molecule has 0 amide bonds. The molecule has 2 saturated carbocycles. The second-order valence-electron chi connectivity index (χ2n) is 6.21. The van der Waals surface area contributed by atoms with Gasteiger partial charge >= 0.3 is 0 Å². The first-order valence-electron chi connectivity index (χ1n) is 8.23. The molecule has 7 unspecified atom stereocenters. The minimum Gasteiger partial charge on any atom is -0.375 e. The fraction of sp³-hybridized carbons (Fsp3) is 1.00. The monoisotopic (exact) mass is 308 g/mol. The molecule has 2 aliphatic rings. The minimum atomic E-state index is -1.58. The summed E-state index contributed by atoms with van der Waals surface area (Å²) in [6.07, 6.45) is -2.43. The largest absolute Gasteiger partial charge is 0.375 e. The van der Waals surface area contributed by atoms with Gasteiger partial charge in [-0.25, -0.2) is 13.2 Å². The average molecular weight is 308 g/mol. The predicted octanol–water partition coefficient (Wildman–Crippen LogP) is 4.02. The number of rotatable bonds is 5. The van der Waals surface area contributed by atoms with E-state index in [1.54, 1.807) is 6.92 Å². The second-order valence-corrected chi connectivity index (χ2v) is 6.21. The van der Waals surface area contributed by atoms with E-state index < -0.39 is 24.6 Å². The Balaban J connectivity index is 1.91. The summed E-state index contributed by atoms with van der Waals surface area (Å²) >= 11 is 0. The zero-order valence-corrected chi connectivity index (χ0v) is 12.9. The maximum atomic E-state index is 14.4. The third-order valence-corrected chi connectivity index (χ3v) is 4.97. The molecular weight excluding hydrogens is 281 g/mol. The van der Waals surface area contributed by atoms with E-state index >= 15 is 0 Å². The number of alkyl halides is 3. The van der Waals surface area contributed by atoms with Crippen molar-refractivity contribution in [2.75, 3.05) is 13.2 Å². The Morgan fingerprint density at radius 2 is 1.43 bits per heavy atom. The van der Waals surface area contributed by atoms with Gasteiger partial charge in [-0.2, -0.15) is 0 Å². The van der Waals surface area contributed by atoms with Crippen molar-refractivity contribution in [2.45, 2.75) is 76.7 Å². The maximum absolute atomic E-state index is 14.4. The van der Waals surface area contributed by atoms with E-state index in [0.717, 1.165) is 6.42 Å². The van der Waals surface area contributed by atoms with Crippen LogP contribution in [-0.4, -0.2) is 43.9 Å². The molecule has 0 radical (unpaired) electrons. The zero-order valence-electron chi connectivity index (χ0n) is 12.9. The van der Waals surface area contributed by atoms with Crippen LogP contribution in [0.25, 0.3) is 0 Å². The highest BCUT2D eigenvalue weighted by atomic mass is 19.2. The van der Waals surface area contributed by atoms with E-state index in [-0.39, 0.29) is 17.9 Å². The van der Waals surface area contributed by atoms with Crippen molar-refractivity contribution in [2.24, 2.45) is 11.8 Å². The smallest absolute Gasteiger partial charge is 0.157 e. The van der Waals surface area contributed by atoms with Gasteiger partial charge in [0.15, 0.2) is 6.17 Å². The van der Waals surface area contributed by atoms with Crippen LogP contribution in [0.2, 0.25) is 0 Å². The SMILES string of the molecule is CCOC1CCC(C2CCC(OCC)C(F)C2F)CC1F. The maximum Gasteiger partial charge on any atom is 0.157 e. The highest BCUT2D eigenvalue weighted by Gasteiger charge is 2.46. The van der Waals surface area contributed by atoms with E-state index in [1.807, 2.05) is 6.92 Å². The van der Waals surface area contributed by atoms with Gasteiger partial charge < -0.3 is 9.47 Å². The highest BCUT2D eigenvalue weighted by Crippen LogP contribution is 2.42. The molecule has 0 saturated heterocycles. The first kappa shape index (κ1) is 17.1. The fourth-order valence-electron chi connectivity index (χ4n) is 3.91. The Morgan fingerprint density at radius 3 is 2.05 bits per heavy atom. The summed E-state index contributed by atoms with van der Waals surface area (Å²) in [7, 11) is 0. The Labute approximate surface area is 125 Å². The van der Waals surface area contributed by atoms with Gasteiger partial charge in [-0.3, -0.25) is 0 Å². The molecule has 0 spiro atoms.